The molecule has 0 bridgehead atoms. The molecule has 2 aromatic carbocycles. The summed E-state index contributed by atoms with van der Waals surface area (Å²) < 4.78 is 19.2. The van der Waals surface area contributed by atoms with Gasteiger partial charge in [-0.1, -0.05) is 29.8 Å². The van der Waals surface area contributed by atoms with Crippen molar-refractivity contribution in [1.29, 1.82) is 0 Å². The van der Waals surface area contributed by atoms with Gasteiger partial charge in [0.25, 0.3) is 0 Å². The van der Waals surface area contributed by atoms with Gasteiger partial charge >= 0.3 is 0 Å². The third kappa shape index (κ3) is 6.54. The van der Waals surface area contributed by atoms with E-state index in [-0.39, 0.29) is 24.9 Å². The summed E-state index contributed by atoms with van der Waals surface area (Å²) in [7, 11) is 0. The van der Waals surface area contributed by atoms with E-state index in [0.717, 1.165) is 29.8 Å². The molecule has 0 unspecified atom stereocenters. The molecule has 6 heteroatoms. The van der Waals surface area contributed by atoms with E-state index in [9.17, 15) is 14.3 Å². The fourth-order valence-corrected chi connectivity index (χ4v) is 3.82. The number of nitrogens with zero attached hydrogens (tertiary/aromatic N) is 1. The smallest absolute Gasteiger partial charge is 0.234 e. The zero-order valence-corrected chi connectivity index (χ0v) is 17.8. The molecule has 5 nitrogen and oxygen atoms in total. The van der Waals surface area contributed by atoms with E-state index in [4.69, 9.17) is 4.74 Å². The number of likely N-dealkylation sites (tertiary alicyclic amines) is 1. The van der Waals surface area contributed by atoms with Gasteiger partial charge in [0.05, 0.1) is 12.1 Å². The third-order valence-electron chi connectivity index (χ3n) is 5.58. The molecular formula is C24H31FN2O3. The van der Waals surface area contributed by atoms with Crippen LogP contribution in [0.4, 0.5) is 4.39 Å². The molecule has 1 atom stereocenters. The average molecular weight is 415 g/mol. The first-order valence-corrected chi connectivity index (χ1v) is 10.5. The van der Waals surface area contributed by atoms with E-state index in [1.54, 1.807) is 12.1 Å². The first-order chi connectivity index (χ1) is 14.3. The summed E-state index contributed by atoms with van der Waals surface area (Å²) in [5, 5.41) is 13.8. The number of carbonyl (C=O) groups is 1. The summed E-state index contributed by atoms with van der Waals surface area (Å²) >= 11 is 0. The Labute approximate surface area is 177 Å². The second-order valence-corrected chi connectivity index (χ2v) is 8.32. The van der Waals surface area contributed by atoms with Crippen LogP contribution >= 0.6 is 0 Å². The van der Waals surface area contributed by atoms with Crippen LogP contribution in [0, 0.1) is 19.7 Å². The molecule has 0 saturated carbocycles. The molecule has 30 heavy (non-hydrogen) atoms. The molecule has 1 aliphatic rings. The number of benzene rings is 2. The molecule has 1 aliphatic heterocycles. The topological polar surface area (TPSA) is 61.8 Å². The molecule has 0 aromatic heterocycles. The van der Waals surface area contributed by atoms with E-state index < -0.39 is 5.60 Å². The normalized spacial score (nSPS) is 19.9. The number of hydrogen-bond acceptors (Lipinski definition) is 4. The minimum atomic E-state index is -0.899. The van der Waals surface area contributed by atoms with Crippen molar-refractivity contribution in [2.45, 2.75) is 45.3 Å². The number of hydrogen-bond donors (Lipinski definition) is 2. The maximum Gasteiger partial charge on any atom is 0.234 e. The largest absolute Gasteiger partial charge is 0.490 e. The SMILES string of the molecule is Cc1ccc(OC[C@]2(O)CCCN(CC(=O)NCc3cccc(F)c3)CC2)c(C)c1. The third-order valence-corrected chi connectivity index (χ3v) is 5.58. The van der Waals surface area contributed by atoms with Crippen molar-refractivity contribution in [3.63, 3.8) is 0 Å². The molecule has 3 rings (SSSR count). The number of aliphatic hydroxyl groups is 1. The quantitative estimate of drug-likeness (QED) is 0.729. The summed E-state index contributed by atoms with van der Waals surface area (Å²) in [5.41, 5.74) is 2.07. The van der Waals surface area contributed by atoms with Crippen molar-refractivity contribution in [2.24, 2.45) is 0 Å². The Kier molecular flexibility index (Phi) is 7.45. The lowest BCUT2D eigenvalue weighted by atomic mass is 9.96. The fourth-order valence-electron chi connectivity index (χ4n) is 3.82. The van der Waals surface area contributed by atoms with Crippen LogP contribution < -0.4 is 10.1 Å². The molecule has 1 amide bonds. The van der Waals surface area contributed by atoms with E-state index in [2.05, 4.69) is 16.3 Å². The Morgan fingerprint density at radius 1 is 1.20 bits per heavy atom. The maximum atomic E-state index is 13.2. The van der Waals surface area contributed by atoms with Gasteiger partial charge in [-0.05, 0) is 69.0 Å². The monoisotopic (exact) mass is 414 g/mol. The first-order valence-electron chi connectivity index (χ1n) is 10.5. The van der Waals surface area contributed by atoms with E-state index >= 15 is 0 Å². The van der Waals surface area contributed by atoms with E-state index in [1.165, 1.54) is 17.7 Å². The number of aryl methyl sites for hydroxylation is 2. The van der Waals surface area contributed by atoms with Gasteiger partial charge in [0.15, 0.2) is 0 Å². The van der Waals surface area contributed by atoms with E-state index in [0.29, 0.717) is 25.9 Å². The minimum Gasteiger partial charge on any atom is -0.490 e. The van der Waals surface area contributed by atoms with Crippen molar-refractivity contribution in [2.75, 3.05) is 26.2 Å². The first kappa shape index (κ1) is 22.2. The van der Waals surface area contributed by atoms with Crippen molar-refractivity contribution in [3.05, 3.63) is 65.0 Å². The second kappa shape index (κ2) is 10.0. The summed E-state index contributed by atoms with van der Waals surface area (Å²) in [6.07, 6.45) is 1.98. The Bertz CT molecular complexity index is 873. The van der Waals surface area contributed by atoms with Crippen LogP contribution in [0.25, 0.3) is 0 Å². The molecule has 1 saturated heterocycles. The number of ether oxygens (including phenoxy) is 1. The molecule has 2 aromatic rings. The van der Waals surface area contributed by atoms with Crippen molar-refractivity contribution in [3.8, 4) is 5.75 Å². The fraction of sp³-hybridized carbons (Fsp3) is 0.458. The summed E-state index contributed by atoms with van der Waals surface area (Å²) in [5.74, 6) is 0.389. The summed E-state index contributed by atoms with van der Waals surface area (Å²) in [6.45, 7) is 6.24. The predicted molar refractivity (Wildman–Crippen MR) is 115 cm³/mol. The van der Waals surface area contributed by atoms with Gasteiger partial charge in [-0.3, -0.25) is 9.69 Å². The highest BCUT2D eigenvalue weighted by molar-refractivity contribution is 5.78. The number of nitrogens with one attached hydrogen (secondary N) is 1. The molecule has 1 fully saturated rings. The molecule has 0 radical (unpaired) electrons. The highest BCUT2D eigenvalue weighted by Gasteiger charge is 2.31. The number of halogens is 1. The molecule has 2 N–H and O–H groups in total. The number of rotatable bonds is 7. The minimum absolute atomic E-state index is 0.101. The van der Waals surface area contributed by atoms with Crippen LogP contribution in [0.1, 0.15) is 36.0 Å². The predicted octanol–water partition coefficient (Wildman–Crippen LogP) is 3.35. The average Bonchev–Trinajstić information content (AvgIpc) is 2.88. The van der Waals surface area contributed by atoms with Crippen LogP contribution in [0.2, 0.25) is 0 Å². The summed E-state index contributed by atoms with van der Waals surface area (Å²) in [4.78, 5) is 14.3. The number of carbonyl (C=O) groups excluding carboxylic acids is 1. The maximum absolute atomic E-state index is 13.2. The Balaban J connectivity index is 1.45. The second-order valence-electron chi connectivity index (χ2n) is 8.32. The summed E-state index contributed by atoms with van der Waals surface area (Å²) in [6, 6.07) is 12.2. The van der Waals surface area contributed by atoms with Crippen LogP contribution in [0.15, 0.2) is 42.5 Å². The van der Waals surface area contributed by atoms with Crippen LogP contribution in [-0.4, -0.2) is 47.8 Å². The molecule has 162 valence electrons. The lowest BCUT2D eigenvalue weighted by Gasteiger charge is -2.27. The number of amides is 1. The van der Waals surface area contributed by atoms with Gasteiger partial charge in [-0.2, -0.15) is 0 Å². The zero-order valence-electron chi connectivity index (χ0n) is 17.8. The van der Waals surface area contributed by atoms with Crippen molar-refractivity contribution in [1.82, 2.24) is 10.2 Å². The van der Waals surface area contributed by atoms with Gasteiger partial charge in [0.2, 0.25) is 5.91 Å². The highest BCUT2D eigenvalue weighted by atomic mass is 19.1. The Hall–Kier alpha value is -2.44. The van der Waals surface area contributed by atoms with Gasteiger partial charge in [-0.25, -0.2) is 4.39 Å². The van der Waals surface area contributed by atoms with Crippen LogP contribution in [-0.2, 0) is 11.3 Å². The zero-order chi connectivity index (χ0) is 21.6. The van der Waals surface area contributed by atoms with Gasteiger partial charge in [0.1, 0.15) is 18.2 Å². The lowest BCUT2D eigenvalue weighted by molar-refractivity contribution is -0.122. The molecule has 0 spiro atoms. The standard InChI is InChI=1S/C24H31FN2O3/c1-18-7-8-22(19(2)13-18)30-17-24(29)9-4-11-27(12-10-24)16-23(28)26-15-20-5-3-6-21(25)14-20/h3,5-8,13-14,29H,4,9-12,15-17H2,1-2H3,(H,26,28)/t24-/m0/s1. The molecular weight excluding hydrogens is 383 g/mol. The highest BCUT2D eigenvalue weighted by Crippen LogP contribution is 2.26. The Morgan fingerprint density at radius 2 is 2.03 bits per heavy atom. The molecule has 1 heterocycles. The van der Waals surface area contributed by atoms with Gasteiger partial charge in [-0.15, -0.1) is 0 Å². The van der Waals surface area contributed by atoms with E-state index in [1.807, 2.05) is 26.0 Å². The van der Waals surface area contributed by atoms with Crippen LogP contribution in [0.5, 0.6) is 5.75 Å². The van der Waals surface area contributed by atoms with Crippen LogP contribution in [0.3, 0.4) is 0 Å². The van der Waals surface area contributed by atoms with Gasteiger partial charge in [0, 0.05) is 13.1 Å². The van der Waals surface area contributed by atoms with Crippen molar-refractivity contribution >= 4 is 5.91 Å². The van der Waals surface area contributed by atoms with Gasteiger partial charge < -0.3 is 15.2 Å². The Morgan fingerprint density at radius 3 is 2.80 bits per heavy atom. The van der Waals surface area contributed by atoms with Crippen molar-refractivity contribution < 1.29 is 19.0 Å². The lowest BCUT2D eigenvalue weighted by Crippen LogP contribution is -2.40. The molecule has 0 aliphatic carbocycles.